The lowest BCUT2D eigenvalue weighted by Gasteiger charge is -2.17. The molecular formula is C25H25FN4O3S. The summed E-state index contributed by atoms with van der Waals surface area (Å²) >= 11 is 0. The van der Waals surface area contributed by atoms with Crippen LogP contribution in [0.4, 0.5) is 10.2 Å². The highest BCUT2D eigenvalue weighted by atomic mass is 32.2. The standard InChI is InChI=1S/C25H25FN4O3S/c1-18-10-15-22-27-24(19-7-4-3-5-8-19)25(30(22)17-18)28-23(31)9-6-16-29(2)34(32,33)21-13-11-20(26)12-14-21/h3-5,7-8,10-15,17H,6,9,16H2,1-2H3,(H,28,31). The molecule has 176 valence electrons. The molecule has 4 aromatic rings. The van der Waals surface area contributed by atoms with Gasteiger partial charge in [0.2, 0.25) is 15.9 Å². The largest absolute Gasteiger partial charge is 0.310 e. The van der Waals surface area contributed by atoms with E-state index >= 15 is 0 Å². The van der Waals surface area contributed by atoms with Crippen molar-refractivity contribution < 1.29 is 17.6 Å². The van der Waals surface area contributed by atoms with Gasteiger partial charge in [-0.2, -0.15) is 0 Å². The lowest BCUT2D eigenvalue weighted by atomic mass is 10.1. The third-order valence-electron chi connectivity index (χ3n) is 5.47. The Kier molecular flexibility index (Phi) is 6.76. The topological polar surface area (TPSA) is 83.8 Å². The van der Waals surface area contributed by atoms with Crippen molar-refractivity contribution in [2.45, 2.75) is 24.7 Å². The van der Waals surface area contributed by atoms with Crippen molar-refractivity contribution in [2.75, 3.05) is 18.9 Å². The molecular weight excluding hydrogens is 455 g/mol. The quantitative estimate of drug-likeness (QED) is 0.403. The Morgan fingerprint density at radius 1 is 1.06 bits per heavy atom. The molecule has 1 N–H and O–H groups in total. The first-order valence-corrected chi connectivity index (χ1v) is 12.3. The number of imidazole rings is 1. The first-order valence-electron chi connectivity index (χ1n) is 10.8. The molecule has 9 heteroatoms. The van der Waals surface area contributed by atoms with Crippen molar-refractivity contribution in [1.29, 1.82) is 0 Å². The normalized spacial score (nSPS) is 11.8. The highest BCUT2D eigenvalue weighted by molar-refractivity contribution is 7.89. The molecule has 0 saturated heterocycles. The molecule has 0 bridgehead atoms. The van der Waals surface area contributed by atoms with E-state index in [2.05, 4.69) is 5.32 Å². The van der Waals surface area contributed by atoms with Crippen LogP contribution in [0.3, 0.4) is 0 Å². The van der Waals surface area contributed by atoms with E-state index in [0.29, 0.717) is 23.6 Å². The molecule has 2 heterocycles. The molecule has 2 aromatic carbocycles. The van der Waals surface area contributed by atoms with Crippen molar-refractivity contribution >= 4 is 27.4 Å². The van der Waals surface area contributed by atoms with Gasteiger partial charge < -0.3 is 5.32 Å². The lowest BCUT2D eigenvalue weighted by molar-refractivity contribution is -0.116. The highest BCUT2D eigenvalue weighted by Gasteiger charge is 2.21. The Balaban J connectivity index is 1.46. The van der Waals surface area contributed by atoms with Gasteiger partial charge in [-0.15, -0.1) is 0 Å². The number of hydrogen-bond donors (Lipinski definition) is 1. The van der Waals surface area contributed by atoms with Crippen LogP contribution in [0.25, 0.3) is 16.9 Å². The average molecular weight is 481 g/mol. The van der Waals surface area contributed by atoms with Crippen molar-refractivity contribution in [1.82, 2.24) is 13.7 Å². The number of halogens is 1. The molecule has 34 heavy (non-hydrogen) atoms. The Labute approximate surface area is 197 Å². The van der Waals surface area contributed by atoms with Gasteiger partial charge in [-0.25, -0.2) is 22.1 Å². The monoisotopic (exact) mass is 480 g/mol. The molecule has 4 rings (SSSR count). The van der Waals surface area contributed by atoms with Crippen LogP contribution in [0.1, 0.15) is 18.4 Å². The van der Waals surface area contributed by atoms with E-state index in [1.165, 1.54) is 23.5 Å². The van der Waals surface area contributed by atoms with Crippen molar-refractivity contribution in [3.63, 3.8) is 0 Å². The minimum atomic E-state index is -3.76. The first kappa shape index (κ1) is 23.6. The van der Waals surface area contributed by atoms with Crippen molar-refractivity contribution in [3.8, 4) is 11.3 Å². The maximum Gasteiger partial charge on any atom is 0.242 e. The van der Waals surface area contributed by atoms with Crippen LogP contribution in [0.2, 0.25) is 0 Å². The fraction of sp³-hybridized carbons (Fsp3) is 0.200. The van der Waals surface area contributed by atoms with E-state index in [-0.39, 0.29) is 23.8 Å². The molecule has 0 aliphatic rings. The minimum absolute atomic E-state index is 0.00875. The summed E-state index contributed by atoms with van der Waals surface area (Å²) in [6.07, 6.45) is 2.35. The summed E-state index contributed by atoms with van der Waals surface area (Å²) in [6, 6.07) is 18.1. The van der Waals surface area contributed by atoms with Gasteiger partial charge in [0.05, 0.1) is 4.90 Å². The molecule has 0 radical (unpaired) electrons. The average Bonchev–Trinajstić information content (AvgIpc) is 3.17. The van der Waals surface area contributed by atoms with Gasteiger partial charge in [0, 0.05) is 31.8 Å². The fourth-order valence-electron chi connectivity index (χ4n) is 3.63. The first-order chi connectivity index (χ1) is 16.3. The Hall–Kier alpha value is -3.56. The molecule has 0 saturated carbocycles. The number of carbonyl (C=O) groups is 1. The second-order valence-corrected chi connectivity index (χ2v) is 10.1. The van der Waals surface area contributed by atoms with Crippen LogP contribution in [-0.4, -0.2) is 41.6 Å². The number of hydrogen-bond acceptors (Lipinski definition) is 4. The molecule has 2 aromatic heterocycles. The number of rotatable bonds is 8. The number of anilines is 1. The number of nitrogens with zero attached hydrogens (tertiary/aromatic N) is 3. The third-order valence-corrected chi connectivity index (χ3v) is 7.34. The van der Waals surface area contributed by atoms with Gasteiger partial charge in [-0.05, 0) is 49.2 Å². The number of carbonyl (C=O) groups excluding carboxylic acids is 1. The number of benzene rings is 2. The molecule has 0 spiro atoms. The third kappa shape index (κ3) is 5.00. The molecule has 1 amide bonds. The number of pyridine rings is 1. The Bertz CT molecular complexity index is 1420. The Morgan fingerprint density at radius 2 is 1.76 bits per heavy atom. The van der Waals surface area contributed by atoms with Crippen LogP contribution in [-0.2, 0) is 14.8 Å². The summed E-state index contributed by atoms with van der Waals surface area (Å²) in [5.41, 5.74) is 3.28. The number of fused-ring (bicyclic) bond motifs is 1. The maximum absolute atomic E-state index is 13.1. The van der Waals surface area contributed by atoms with Crippen LogP contribution in [0, 0.1) is 12.7 Å². The molecule has 0 fully saturated rings. The molecule has 0 aliphatic heterocycles. The van der Waals surface area contributed by atoms with Gasteiger partial charge in [0.15, 0.2) is 0 Å². The number of sulfonamides is 1. The van der Waals surface area contributed by atoms with Crippen molar-refractivity contribution in [3.05, 3.63) is 84.3 Å². The smallest absolute Gasteiger partial charge is 0.242 e. The zero-order chi connectivity index (χ0) is 24.3. The fourth-order valence-corrected chi connectivity index (χ4v) is 4.84. The minimum Gasteiger partial charge on any atom is -0.310 e. The van der Waals surface area contributed by atoms with Gasteiger partial charge in [-0.1, -0.05) is 36.4 Å². The predicted molar refractivity (Wildman–Crippen MR) is 129 cm³/mol. The zero-order valence-corrected chi connectivity index (χ0v) is 19.7. The number of amides is 1. The molecule has 0 atom stereocenters. The summed E-state index contributed by atoms with van der Waals surface area (Å²) in [7, 11) is -2.32. The van der Waals surface area contributed by atoms with E-state index in [9.17, 15) is 17.6 Å². The second-order valence-electron chi connectivity index (χ2n) is 8.04. The summed E-state index contributed by atoms with van der Waals surface area (Å²) in [5.74, 6) is -0.175. The number of aryl methyl sites for hydroxylation is 1. The number of nitrogens with one attached hydrogen (secondary N) is 1. The summed E-state index contributed by atoms with van der Waals surface area (Å²) in [5, 5.41) is 2.96. The van der Waals surface area contributed by atoms with Gasteiger partial charge in [0.25, 0.3) is 0 Å². The Morgan fingerprint density at radius 3 is 2.47 bits per heavy atom. The second kappa shape index (κ2) is 9.74. The van der Waals surface area contributed by atoms with E-state index in [1.54, 1.807) is 0 Å². The number of aromatic nitrogens is 2. The summed E-state index contributed by atoms with van der Waals surface area (Å²) in [4.78, 5) is 17.5. The van der Waals surface area contributed by atoms with E-state index < -0.39 is 15.8 Å². The maximum atomic E-state index is 13.1. The van der Waals surface area contributed by atoms with Crippen LogP contribution in [0.15, 0.2) is 77.8 Å². The van der Waals surface area contributed by atoms with Crippen molar-refractivity contribution in [2.24, 2.45) is 0 Å². The van der Waals surface area contributed by atoms with E-state index in [4.69, 9.17) is 4.98 Å². The van der Waals surface area contributed by atoms with Crippen LogP contribution < -0.4 is 5.32 Å². The molecule has 7 nitrogen and oxygen atoms in total. The van der Waals surface area contributed by atoms with Gasteiger partial charge in [0.1, 0.15) is 23.0 Å². The van der Waals surface area contributed by atoms with E-state index in [0.717, 1.165) is 23.3 Å². The SMILES string of the molecule is Cc1ccc2nc(-c3ccccc3)c(NC(=O)CCCN(C)S(=O)(=O)c3ccc(F)cc3)n2c1. The van der Waals surface area contributed by atoms with Crippen LogP contribution in [0.5, 0.6) is 0 Å². The summed E-state index contributed by atoms with van der Waals surface area (Å²) < 4.78 is 41.4. The van der Waals surface area contributed by atoms with Gasteiger partial charge >= 0.3 is 0 Å². The van der Waals surface area contributed by atoms with Gasteiger partial charge in [-0.3, -0.25) is 9.20 Å². The summed E-state index contributed by atoms with van der Waals surface area (Å²) in [6.45, 7) is 2.11. The lowest BCUT2D eigenvalue weighted by Crippen LogP contribution is -2.28. The molecule has 0 unspecified atom stereocenters. The molecule has 0 aliphatic carbocycles. The zero-order valence-electron chi connectivity index (χ0n) is 18.9. The predicted octanol–water partition coefficient (Wildman–Crippen LogP) is 4.49. The highest BCUT2D eigenvalue weighted by Crippen LogP contribution is 2.29. The van der Waals surface area contributed by atoms with E-state index in [1.807, 2.05) is 60.0 Å². The van der Waals surface area contributed by atoms with Crippen LogP contribution >= 0.6 is 0 Å².